The number of thiazole rings is 1. The molecule has 2 aromatic rings. The molecule has 1 aromatic carbocycles. The summed E-state index contributed by atoms with van der Waals surface area (Å²) < 4.78 is 10.6. The Hall–Kier alpha value is -2.34. The van der Waals surface area contributed by atoms with Gasteiger partial charge in [0, 0.05) is 22.7 Å². The van der Waals surface area contributed by atoms with Gasteiger partial charge in [-0.15, -0.1) is 11.3 Å². The molecule has 6 heteroatoms. The Balaban J connectivity index is 2.07. The molecule has 1 atom stereocenters. The van der Waals surface area contributed by atoms with Crippen molar-refractivity contribution in [3.8, 4) is 11.5 Å². The van der Waals surface area contributed by atoms with Crippen LogP contribution in [0, 0.1) is 6.92 Å². The van der Waals surface area contributed by atoms with E-state index in [1.807, 2.05) is 32.0 Å². The maximum absolute atomic E-state index is 12.1. The Morgan fingerprint density at radius 3 is 2.74 bits per heavy atom. The van der Waals surface area contributed by atoms with Crippen molar-refractivity contribution in [3.63, 3.8) is 0 Å². The number of methoxy groups -OCH3 is 2. The lowest BCUT2D eigenvalue weighted by molar-refractivity contribution is -0.117. The quantitative estimate of drug-likeness (QED) is 0.824. The normalized spacial score (nSPS) is 12.2. The summed E-state index contributed by atoms with van der Waals surface area (Å²) in [6, 6.07) is 5.30. The predicted molar refractivity (Wildman–Crippen MR) is 92.0 cm³/mol. The third-order valence-electron chi connectivity index (χ3n) is 3.30. The molecule has 0 aliphatic heterocycles. The SMILES string of the molecule is COc1ccc(OC)c([C@H](C)NC(=O)/C=C\c2cnc(C)s2)c1. The highest BCUT2D eigenvalue weighted by atomic mass is 32.1. The number of amides is 1. The zero-order valence-electron chi connectivity index (χ0n) is 13.6. The van der Waals surface area contributed by atoms with Gasteiger partial charge in [0.25, 0.3) is 0 Å². The van der Waals surface area contributed by atoms with Crippen molar-refractivity contribution < 1.29 is 14.3 Å². The number of carbonyl (C=O) groups excluding carboxylic acids is 1. The number of ether oxygens (including phenoxy) is 2. The summed E-state index contributed by atoms with van der Waals surface area (Å²) in [6.07, 6.45) is 5.02. The first-order valence-electron chi connectivity index (χ1n) is 7.16. The number of aryl methyl sites for hydroxylation is 1. The van der Waals surface area contributed by atoms with Crippen LogP contribution in [0.4, 0.5) is 0 Å². The van der Waals surface area contributed by atoms with Crippen LogP contribution in [-0.2, 0) is 4.79 Å². The molecular formula is C17H20N2O3S. The van der Waals surface area contributed by atoms with E-state index in [0.717, 1.165) is 21.2 Å². The van der Waals surface area contributed by atoms with Crippen molar-refractivity contribution in [3.05, 3.63) is 45.9 Å². The van der Waals surface area contributed by atoms with Gasteiger partial charge >= 0.3 is 0 Å². The standard InChI is InChI=1S/C17H20N2O3S/c1-11(15-9-13(21-3)5-7-16(15)22-4)19-17(20)8-6-14-10-18-12(2)23-14/h5-11H,1-4H3,(H,19,20)/b8-6-/t11-/m0/s1. The molecule has 0 spiro atoms. The van der Waals surface area contributed by atoms with Gasteiger partial charge < -0.3 is 14.8 Å². The van der Waals surface area contributed by atoms with Gasteiger partial charge in [0.15, 0.2) is 0 Å². The highest BCUT2D eigenvalue weighted by molar-refractivity contribution is 7.12. The number of carbonyl (C=O) groups is 1. The summed E-state index contributed by atoms with van der Waals surface area (Å²) in [7, 11) is 3.21. The van der Waals surface area contributed by atoms with Crippen molar-refractivity contribution >= 4 is 23.3 Å². The summed E-state index contributed by atoms with van der Waals surface area (Å²) in [5, 5.41) is 3.89. The zero-order valence-corrected chi connectivity index (χ0v) is 14.4. The van der Waals surface area contributed by atoms with E-state index in [4.69, 9.17) is 9.47 Å². The number of nitrogens with zero attached hydrogens (tertiary/aromatic N) is 1. The molecular weight excluding hydrogens is 312 g/mol. The van der Waals surface area contributed by atoms with E-state index >= 15 is 0 Å². The van der Waals surface area contributed by atoms with Gasteiger partial charge in [-0.25, -0.2) is 4.98 Å². The minimum Gasteiger partial charge on any atom is -0.497 e. The summed E-state index contributed by atoms with van der Waals surface area (Å²) in [4.78, 5) is 17.2. The fourth-order valence-corrected chi connectivity index (χ4v) is 2.82. The predicted octanol–water partition coefficient (Wildman–Crippen LogP) is 3.36. The van der Waals surface area contributed by atoms with Crippen molar-refractivity contribution in [1.29, 1.82) is 0 Å². The highest BCUT2D eigenvalue weighted by Crippen LogP contribution is 2.29. The minimum absolute atomic E-state index is 0.173. The molecule has 0 fully saturated rings. The largest absolute Gasteiger partial charge is 0.497 e. The first-order chi connectivity index (χ1) is 11.0. The van der Waals surface area contributed by atoms with Crippen LogP contribution in [0.5, 0.6) is 11.5 Å². The summed E-state index contributed by atoms with van der Waals surface area (Å²) >= 11 is 1.54. The van der Waals surface area contributed by atoms with Gasteiger partial charge in [0.2, 0.25) is 5.91 Å². The molecule has 0 bridgehead atoms. The topological polar surface area (TPSA) is 60.5 Å². The zero-order chi connectivity index (χ0) is 16.8. The van der Waals surface area contributed by atoms with Gasteiger partial charge in [0.05, 0.1) is 25.3 Å². The fraction of sp³-hybridized carbons (Fsp3) is 0.294. The monoisotopic (exact) mass is 332 g/mol. The summed E-state index contributed by atoms with van der Waals surface area (Å²) in [5.74, 6) is 1.26. The van der Waals surface area contributed by atoms with Crippen molar-refractivity contribution in [1.82, 2.24) is 10.3 Å². The van der Waals surface area contributed by atoms with Crippen LogP contribution >= 0.6 is 11.3 Å². The first kappa shape index (κ1) is 17.0. The molecule has 0 saturated carbocycles. The van der Waals surface area contributed by atoms with Crippen LogP contribution in [0.1, 0.15) is 28.4 Å². The molecule has 0 unspecified atom stereocenters. The number of rotatable bonds is 6. The molecule has 23 heavy (non-hydrogen) atoms. The van der Waals surface area contributed by atoms with Gasteiger partial charge in [-0.3, -0.25) is 4.79 Å². The molecule has 1 N–H and O–H groups in total. The Bertz CT molecular complexity index is 710. The first-order valence-corrected chi connectivity index (χ1v) is 7.98. The van der Waals surface area contributed by atoms with Crippen LogP contribution in [-0.4, -0.2) is 25.1 Å². The van der Waals surface area contributed by atoms with Crippen LogP contribution < -0.4 is 14.8 Å². The van der Waals surface area contributed by atoms with Crippen molar-refractivity contribution in [2.75, 3.05) is 14.2 Å². The molecule has 122 valence electrons. The van der Waals surface area contributed by atoms with E-state index in [9.17, 15) is 4.79 Å². The second-order valence-corrected chi connectivity index (χ2v) is 6.22. The van der Waals surface area contributed by atoms with E-state index < -0.39 is 0 Å². The number of hydrogen-bond acceptors (Lipinski definition) is 5. The average Bonchev–Trinajstić information content (AvgIpc) is 2.97. The third-order valence-corrected chi connectivity index (χ3v) is 4.18. The number of aromatic nitrogens is 1. The maximum atomic E-state index is 12.1. The van der Waals surface area contributed by atoms with Gasteiger partial charge in [0.1, 0.15) is 11.5 Å². The molecule has 0 saturated heterocycles. The minimum atomic E-state index is -0.208. The molecule has 1 heterocycles. The summed E-state index contributed by atoms with van der Waals surface area (Å²) in [6.45, 7) is 3.83. The van der Waals surface area contributed by atoms with E-state index in [-0.39, 0.29) is 11.9 Å². The summed E-state index contributed by atoms with van der Waals surface area (Å²) in [5.41, 5.74) is 0.863. The molecule has 5 nitrogen and oxygen atoms in total. The Kier molecular flexibility index (Phi) is 5.76. The molecule has 2 rings (SSSR count). The Morgan fingerprint density at radius 2 is 2.13 bits per heavy atom. The van der Waals surface area contributed by atoms with Gasteiger partial charge in [-0.1, -0.05) is 0 Å². The van der Waals surface area contributed by atoms with Gasteiger partial charge in [-0.05, 0) is 38.1 Å². The molecule has 0 radical (unpaired) electrons. The Labute approximate surface area is 140 Å². The van der Waals surface area contributed by atoms with Crippen LogP contribution in [0.2, 0.25) is 0 Å². The van der Waals surface area contributed by atoms with Crippen LogP contribution in [0.3, 0.4) is 0 Å². The maximum Gasteiger partial charge on any atom is 0.244 e. The molecule has 1 amide bonds. The third kappa shape index (κ3) is 4.56. The lowest BCUT2D eigenvalue weighted by Crippen LogP contribution is -2.25. The van der Waals surface area contributed by atoms with Crippen LogP contribution in [0.15, 0.2) is 30.5 Å². The number of nitrogens with one attached hydrogen (secondary N) is 1. The Morgan fingerprint density at radius 1 is 1.35 bits per heavy atom. The number of hydrogen-bond donors (Lipinski definition) is 1. The number of benzene rings is 1. The highest BCUT2D eigenvalue weighted by Gasteiger charge is 2.14. The average molecular weight is 332 g/mol. The lowest BCUT2D eigenvalue weighted by atomic mass is 10.1. The van der Waals surface area contributed by atoms with E-state index in [1.54, 1.807) is 37.8 Å². The second-order valence-electron chi connectivity index (χ2n) is 4.95. The molecule has 1 aromatic heterocycles. The van der Waals surface area contributed by atoms with E-state index in [2.05, 4.69) is 10.3 Å². The second kappa shape index (κ2) is 7.78. The molecule has 0 aliphatic rings. The van der Waals surface area contributed by atoms with E-state index in [1.165, 1.54) is 6.08 Å². The van der Waals surface area contributed by atoms with E-state index in [0.29, 0.717) is 5.75 Å². The van der Waals surface area contributed by atoms with Gasteiger partial charge in [-0.2, -0.15) is 0 Å². The van der Waals surface area contributed by atoms with Crippen molar-refractivity contribution in [2.45, 2.75) is 19.9 Å². The van der Waals surface area contributed by atoms with Crippen molar-refractivity contribution in [2.24, 2.45) is 0 Å². The smallest absolute Gasteiger partial charge is 0.244 e. The molecule has 0 aliphatic carbocycles. The lowest BCUT2D eigenvalue weighted by Gasteiger charge is -2.17. The fourth-order valence-electron chi connectivity index (χ4n) is 2.13. The van der Waals surface area contributed by atoms with Crippen LogP contribution in [0.25, 0.3) is 6.08 Å².